The van der Waals surface area contributed by atoms with Crippen LogP contribution in [0.25, 0.3) is 0 Å². The Morgan fingerprint density at radius 1 is 1.16 bits per heavy atom. The quantitative estimate of drug-likeness (QED) is 0.599. The van der Waals surface area contributed by atoms with Crippen molar-refractivity contribution in [1.82, 2.24) is 0 Å². The number of rotatable bonds is 5. The minimum absolute atomic E-state index is 0.102. The molecule has 10 heteroatoms. The van der Waals surface area contributed by atoms with Crippen molar-refractivity contribution in [2.45, 2.75) is 36.2 Å². The summed E-state index contributed by atoms with van der Waals surface area (Å²) in [6.45, 7) is -1.89. The van der Waals surface area contributed by atoms with E-state index in [1.165, 1.54) is 0 Å². The summed E-state index contributed by atoms with van der Waals surface area (Å²) in [5, 5.41) is -5.47. The van der Waals surface area contributed by atoms with Crippen LogP contribution in [-0.2, 0) is 24.4 Å². The fourth-order valence-corrected chi connectivity index (χ4v) is 4.85. The maximum Gasteiger partial charge on any atom is 0.393 e. The van der Waals surface area contributed by atoms with Gasteiger partial charge in [0, 0.05) is 0 Å². The minimum Gasteiger partial charge on any atom is -0.281 e. The van der Waals surface area contributed by atoms with Gasteiger partial charge in [0.15, 0.2) is 0 Å². The molecule has 2 rings (SSSR count). The molecule has 0 aromatic carbocycles. The van der Waals surface area contributed by atoms with Gasteiger partial charge in [-0.05, 0) is 31.1 Å². The van der Waals surface area contributed by atoms with Gasteiger partial charge < -0.3 is 0 Å². The Hall–Kier alpha value is -0.320. The van der Waals surface area contributed by atoms with Crippen LogP contribution < -0.4 is 0 Å². The summed E-state index contributed by atoms with van der Waals surface area (Å²) < 4.78 is 82.4. The molecule has 0 aromatic rings. The predicted octanol–water partition coefficient (Wildman–Crippen LogP) is 1.00. The summed E-state index contributed by atoms with van der Waals surface area (Å²) in [4.78, 5) is 0. The third-order valence-corrected chi connectivity index (χ3v) is 6.45. The zero-order valence-corrected chi connectivity index (χ0v) is 11.5. The molecule has 112 valence electrons. The van der Waals surface area contributed by atoms with E-state index in [9.17, 15) is 25.6 Å². The van der Waals surface area contributed by atoms with Crippen molar-refractivity contribution in [2.75, 3.05) is 6.61 Å². The normalized spacial score (nSPS) is 31.8. The lowest BCUT2D eigenvalue weighted by molar-refractivity contribution is 0.0303. The van der Waals surface area contributed by atoms with Crippen LogP contribution in [0.5, 0.6) is 0 Å². The first-order valence-electron chi connectivity index (χ1n) is 5.76. The Morgan fingerprint density at radius 3 is 2.21 bits per heavy atom. The van der Waals surface area contributed by atoms with Gasteiger partial charge in [0.1, 0.15) is 6.61 Å². The van der Waals surface area contributed by atoms with E-state index in [0.29, 0.717) is 12.8 Å². The molecule has 2 aliphatic rings. The van der Waals surface area contributed by atoms with E-state index in [0.717, 1.165) is 12.8 Å². The van der Waals surface area contributed by atoms with Gasteiger partial charge in [-0.1, -0.05) is 6.42 Å². The molecule has 0 aliphatic heterocycles. The summed E-state index contributed by atoms with van der Waals surface area (Å²) in [7, 11) is -9.92. The average molecular weight is 320 g/mol. The molecule has 0 heterocycles. The minimum atomic E-state index is -5.68. The van der Waals surface area contributed by atoms with Crippen molar-refractivity contribution in [3.8, 4) is 0 Å². The molecule has 2 bridgehead atoms. The molecule has 6 nitrogen and oxygen atoms in total. The van der Waals surface area contributed by atoms with E-state index in [4.69, 9.17) is 4.55 Å². The van der Waals surface area contributed by atoms with Crippen LogP contribution >= 0.6 is 0 Å². The molecule has 0 spiro atoms. The maximum absolute atomic E-state index is 12.9. The number of hydrogen-bond donors (Lipinski definition) is 1. The fraction of sp³-hybridized carbons (Fsp3) is 1.00. The molecule has 19 heavy (non-hydrogen) atoms. The Bertz CT molecular complexity index is 555. The molecule has 3 atom stereocenters. The second-order valence-corrected chi connectivity index (χ2v) is 8.45. The molecule has 2 fully saturated rings. The lowest BCUT2D eigenvalue weighted by Gasteiger charge is -2.22. The Balaban J connectivity index is 2.03. The molecule has 2 aliphatic carbocycles. The summed E-state index contributed by atoms with van der Waals surface area (Å²) in [6.07, 6.45) is 2.75. The maximum atomic E-state index is 12.9. The first kappa shape index (κ1) is 15.1. The van der Waals surface area contributed by atoms with Gasteiger partial charge in [-0.15, -0.1) is 0 Å². The van der Waals surface area contributed by atoms with Crippen LogP contribution in [0.15, 0.2) is 0 Å². The first-order valence-corrected chi connectivity index (χ1v) is 8.67. The first-order chi connectivity index (χ1) is 8.53. The zero-order valence-electron chi connectivity index (χ0n) is 9.83. The van der Waals surface area contributed by atoms with E-state index in [1.54, 1.807) is 0 Å². The second kappa shape index (κ2) is 4.61. The highest BCUT2D eigenvalue weighted by Crippen LogP contribution is 2.47. The molecule has 0 amide bonds. The molecule has 0 saturated heterocycles. The van der Waals surface area contributed by atoms with Crippen molar-refractivity contribution in [2.24, 2.45) is 11.8 Å². The van der Waals surface area contributed by atoms with Gasteiger partial charge in [0.25, 0.3) is 10.1 Å². The number of halogens is 2. The van der Waals surface area contributed by atoms with Crippen molar-refractivity contribution >= 4 is 20.2 Å². The monoisotopic (exact) mass is 320 g/mol. The van der Waals surface area contributed by atoms with Gasteiger partial charge in [-0.25, -0.2) is 0 Å². The highest BCUT2D eigenvalue weighted by Gasteiger charge is 2.50. The molecular weight excluding hydrogens is 306 g/mol. The third kappa shape index (κ3) is 2.91. The highest BCUT2D eigenvalue weighted by atomic mass is 32.2. The summed E-state index contributed by atoms with van der Waals surface area (Å²) in [5.74, 6) is 0.171. The van der Waals surface area contributed by atoms with Crippen LogP contribution in [0, 0.1) is 11.8 Å². The van der Waals surface area contributed by atoms with Gasteiger partial charge in [0.2, 0.25) is 0 Å². The van der Waals surface area contributed by atoms with Crippen LogP contribution in [0.4, 0.5) is 8.78 Å². The van der Waals surface area contributed by atoms with Crippen LogP contribution in [0.1, 0.15) is 25.7 Å². The smallest absolute Gasteiger partial charge is 0.281 e. The van der Waals surface area contributed by atoms with Crippen molar-refractivity contribution in [3.63, 3.8) is 0 Å². The van der Waals surface area contributed by atoms with E-state index in [-0.39, 0.29) is 11.8 Å². The van der Waals surface area contributed by atoms with E-state index in [2.05, 4.69) is 4.18 Å². The molecule has 0 unspecified atom stereocenters. The van der Waals surface area contributed by atoms with E-state index in [1.807, 2.05) is 0 Å². The standard InChI is InChI=1S/C9H14F2O6S2/c10-9(11,19(14,15)16)5-17-18(12,13)8-4-6-1-2-7(8)3-6/h6-8H,1-5H2,(H,14,15,16)/t6-,7+,8+/m0/s1. The van der Waals surface area contributed by atoms with E-state index >= 15 is 0 Å². The zero-order chi connectivity index (χ0) is 14.5. The lowest BCUT2D eigenvalue weighted by Crippen LogP contribution is -2.37. The van der Waals surface area contributed by atoms with Gasteiger partial charge in [-0.2, -0.15) is 25.6 Å². The predicted molar refractivity (Wildman–Crippen MR) is 60.6 cm³/mol. The SMILES string of the molecule is O=S(=O)(OCC(F)(F)S(=O)(=O)O)[C@@H]1C[C@H]2CC[C@@H]1C2. The number of alkyl halides is 2. The van der Waals surface area contributed by atoms with Crippen molar-refractivity contribution in [1.29, 1.82) is 0 Å². The van der Waals surface area contributed by atoms with Crippen LogP contribution in [0.2, 0.25) is 0 Å². The van der Waals surface area contributed by atoms with Gasteiger partial charge in [-0.3, -0.25) is 8.74 Å². The Kier molecular flexibility index (Phi) is 3.65. The third-order valence-electron chi connectivity index (χ3n) is 3.81. The molecule has 0 radical (unpaired) electrons. The summed E-state index contributed by atoms with van der Waals surface area (Å²) in [5.41, 5.74) is 0. The highest BCUT2D eigenvalue weighted by molar-refractivity contribution is 7.88. The van der Waals surface area contributed by atoms with Crippen molar-refractivity contribution < 1.29 is 34.4 Å². The van der Waals surface area contributed by atoms with Crippen LogP contribution in [0.3, 0.4) is 0 Å². The number of fused-ring (bicyclic) bond motifs is 2. The second-order valence-electron chi connectivity index (χ2n) is 5.08. The Morgan fingerprint density at radius 2 is 1.79 bits per heavy atom. The van der Waals surface area contributed by atoms with Gasteiger partial charge >= 0.3 is 15.4 Å². The summed E-state index contributed by atoms with van der Waals surface area (Å²) >= 11 is 0. The molecule has 0 aromatic heterocycles. The van der Waals surface area contributed by atoms with E-state index < -0.39 is 37.3 Å². The molecule has 2 saturated carbocycles. The Labute approximate surface area is 110 Å². The average Bonchev–Trinajstić information content (AvgIpc) is 2.87. The van der Waals surface area contributed by atoms with Crippen LogP contribution in [-0.4, -0.2) is 38.5 Å². The molecule has 1 N–H and O–H groups in total. The van der Waals surface area contributed by atoms with Crippen molar-refractivity contribution in [3.05, 3.63) is 0 Å². The topological polar surface area (TPSA) is 97.7 Å². The van der Waals surface area contributed by atoms with Gasteiger partial charge in [0.05, 0.1) is 5.25 Å². The molecular formula is C9H14F2O6S2. The summed E-state index contributed by atoms with van der Waals surface area (Å²) in [6, 6.07) is 0. The largest absolute Gasteiger partial charge is 0.393 e. The number of hydrogen-bond acceptors (Lipinski definition) is 5. The fourth-order valence-electron chi connectivity index (χ4n) is 2.85. The lowest BCUT2D eigenvalue weighted by atomic mass is 10.0.